The van der Waals surface area contributed by atoms with Crippen LogP contribution in [0.4, 0.5) is 5.82 Å². The first-order chi connectivity index (χ1) is 9.06. The van der Waals surface area contributed by atoms with Crippen LogP contribution in [0.5, 0.6) is 0 Å². The zero-order chi connectivity index (χ0) is 13.8. The number of nitrogens with zero attached hydrogens (tertiary/aromatic N) is 2. The number of pyridine rings is 1. The molecule has 1 aliphatic rings. The van der Waals surface area contributed by atoms with Crippen molar-refractivity contribution >= 4 is 23.4 Å². The van der Waals surface area contributed by atoms with E-state index in [9.17, 15) is 4.79 Å². The molecule has 0 amide bonds. The Morgan fingerprint density at radius 1 is 1.74 bits per heavy atom. The number of halogens is 1. The number of nitrogens with one attached hydrogen (secondary N) is 1. The summed E-state index contributed by atoms with van der Waals surface area (Å²) in [5, 5.41) is 12.2. The van der Waals surface area contributed by atoms with E-state index in [4.69, 9.17) is 21.4 Å². The number of morpholine rings is 1. The van der Waals surface area contributed by atoms with Crippen LogP contribution in [-0.4, -0.2) is 60.4 Å². The minimum Gasteiger partial charge on any atom is -0.478 e. The van der Waals surface area contributed by atoms with Gasteiger partial charge in [0.1, 0.15) is 5.82 Å². The lowest BCUT2D eigenvalue weighted by Gasteiger charge is -2.30. The molecule has 19 heavy (non-hydrogen) atoms. The highest BCUT2D eigenvalue weighted by Gasteiger charge is 2.18. The lowest BCUT2D eigenvalue weighted by atomic mass is 10.2. The van der Waals surface area contributed by atoms with Crippen molar-refractivity contribution in [1.29, 1.82) is 0 Å². The predicted octanol–water partition coefficient (Wildman–Crippen LogP) is 1.18. The number of hydrogen-bond donors (Lipinski definition) is 2. The van der Waals surface area contributed by atoms with Gasteiger partial charge in [0.05, 0.1) is 23.3 Å². The van der Waals surface area contributed by atoms with Crippen LogP contribution in [-0.2, 0) is 4.74 Å². The standard InChI is InChI=1S/C12H16ClN3O3/c1-16-2-3-19-8(7-16)5-14-11-4-9(12(17)18)10(13)6-15-11/h4,6,8H,2-3,5,7H2,1H3,(H,14,15)(H,17,18). The summed E-state index contributed by atoms with van der Waals surface area (Å²) in [4.78, 5) is 17.2. The van der Waals surface area contributed by atoms with Gasteiger partial charge in [0.15, 0.2) is 0 Å². The Balaban J connectivity index is 1.96. The molecule has 104 valence electrons. The van der Waals surface area contributed by atoms with Gasteiger partial charge in [-0.3, -0.25) is 0 Å². The summed E-state index contributed by atoms with van der Waals surface area (Å²) in [6.07, 6.45) is 1.41. The first-order valence-corrected chi connectivity index (χ1v) is 6.37. The van der Waals surface area contributed by atoms with Gasteiger partial charge in [-0.1, -0.05) is 11.6 Å². The molecule has 0 spiro atoms. The summed E-state index contributed by atoms with van der Waals surface area (Å²) in [7, 11) is 2.04. The first kappa shape index (κ1) is 14.0. The number of aromatic nitrogens is 1. The molecule has 0 aliphatic carbocycles. The Hall–Kier alpha value is -1.37. The van der Waals surface area contributed by atoms with E-state index in [0.29, 0.717) is 19.0 Å². The first-order valence-electron chi connectivity index (χ1n) is 5.99. The van der Waals surface area contributed by atoms with Gasteiger partial charge in [0, 0.05) is 25.8 Å². The summed E-state index contributed by atoms with van der Waals surface area (Å²) in [6, 6.07) is 1.43. The molecule has 0 radical (unpaired) electrons. The largest absolute Gasteiger partial charge is 0.478 e. The highest BCUT2D eigenvalue weighted by Crippen LogP contribution is 2.18. The second kappa shape index (κ2) is 6.18. The number of likely N-dealkylation sites (N-methyl/N-ethyl adjacent to an activating group) is 1. The van der Waals surface area contributed by atoms with Gasteiger partial charge >= 0.3 is 5.97 Å². The molecule has 1 aromatic rings. The number of carboxylic acids is 1. The second-order valence-electron chi connectivity index (χ2n) is 4.49. The fourth-order valence-electron chi connectivity index (χ4n) is 1.91. The van der Waals surface area contributed by atoms with Gasteiger partial charge < -0.3 is 20.1 Å². The Labute approximate surface area is 116 Å². The highest BCUT2D eigenvalue weighted by atomic mass is 35.5. The summed E-state index contributed by atoms with van der Waals surface area (Å²) in [6.45, 7) is 3.06. The quantitative estimate of drug-likeness (QED) is 0.865. The maximum absolute atomic E-state index is 11.0. The average Bonchev–Trinajstić information content (AvgIpc) is 2.37. The van der Waals surface area contributed by atoms with Crippen molar-refractivity contribution in [2.24, 2.45) is 0 Å². The number of aromatic carboxylic acids is 1. The van der Waals surface area contributed by atoms with Crippen LogP contribution < -0.4 is 5.32 Å². The minimum atomic E-state index is -1.07. The molecule has 0 aromatic carbocycles. The third-order valence-electron chi connectivity index (χ3n) is 2.94. The molecule has 0 bridgehead atoms. The Morgan fingerprint density at radius 3 is 3.21 bits per heavy atom. The van der Waals surface area contributed by atoms with Crippen molar-refractivity contribution in [3.8, 4) is 0 Å². The Morgan fingerprint density at radius 2 is 2.53 bits per heavy atom. The fourth-order valence-corrected chi connectivity index (χ4v) is 2.09. The summed E-state index contributed by atoms with van der Waals surface area (Å²) in [5.41, 5.74) is 0.0425. The monoisotopic (exact) mass is 285 g/mol. The molecular formula is C12H16ClN3O3. The van der Waals surface area contributed by atoms with E-state index in [1.807, 2.05) is 7.05 Å². The van der Waals surface area contributed by atoms with Gasteiger partial charge in [-0.2, -0.15) is 0 Å². The van der Waals surface area contributed by atoms with Gasteiger partial charge in [0.25, 0.3) is 0 Å². The molecule has 6 nitrogen and oxygen atoms in total. The summed E-state index contributed by atoms with van der Waals surface area (Å²) >= 11 is 5.76. The van der Waals surface area contributed by atoms with Gasteiger partial charge in [0.2, 0.25) is 0 Å². The minimum absolute atomic E-state index is 0.0425. The Bertz CT molecular complexity index is 470. The molecule has 1 aliphatic heterocycles. The van der Waals surface area contributed by atoms with Crippen molar-refractivity contribution in [3.05, 3.63) is 22.8 Å². The third kappa shape index (κ3) is 3.79. The van der Waals surface area contributed by atoms with Crippen LogP contribution in [0.1, 0.15) is 10.4 Å². The molecule has 1 unspecified atom stereocenters. The topological polar surface area (TPSA) is 74.7 Å². The van der Waals surface area contributed by atoms with E-state index in [1.165, 1.54) is 12.3 Å². The van der Waals surface area contributed by atoms with Crippen molar-refractivity contribution in [1.82, 2.24) is 9.88 Å². The van der Waals surface area contributed by atoms with Gasteiger partial charge in [-0.15, -0.1) is 0 Å². The summed E-state index contributed by atoms with van der Waals surface area (Å²) < 4.78 is 5.60. The van der Waals surface area contributed by atoms with Crippen LogP contribution in [0.25, 0.3) is 0 Å². The van der Waals surface area contributed by atoms with Crippen LogP contribution in [0.3, 0.4) is 0 Å². The Kier molecular flexibility index (Phi) is 4.57. The van der Waals surface area contributed by atoms with E-state index in [0.717, 1.165) is 13.1 Å². The van der Waals surface area contributed by atoms with E-state index in [-0.39, 0.29) is 16.7 Å². The molecule has 2 N–H and O–H groups in total. The molecule has 1 aromatic heterocycles. The second-order valence-corrected chi connectivity index (χ2v) is 4.90. The molecular weight excluding hydrogens is 270 g/mol. The number of anilines is 1. The van der Waals surface area contributed by atoms with Gasteiger partial charge in [-0.05, 0) is 13.1 Å². The van der Waals surface area contributed by atoms with Crippen molar-refractivity contribution in [3.63, 3.8) is 0 Å². The van der Waals surface area contributed by atoms with E-state index in [1.54, 1.807) is 0 Å². The lowest BCUT2D eigenvalue weighted by molar-refractivity contribution is -0.0117. The highest BCUT2D eigenvalue weighted by molar-refractivity contribution is 6.33. The SMILES string of the molecule is CN1CCOC(CNc2cc(C(=O)O)c(Cl)cn2)C1. The molecule has 2 rings (SSSR count). The maximum Gasteiger partial charge on any atom is 0.337 e. The molecule has 1 atom stereocenters. The molecule has 1 fully saturated rings. The van der Waals surface area contributed by atoms with Crippen LogP contribution in [0.15, 0.2) is 12.3 Å². The van der Waals surface area contributed by atoms with Crippen LogP contribution in [0.2, 0.25) is 5.02 Å². The van der Waals surface area contributed by atoms with Crippen molar-refractivity contribution in [2.45, 2.75) is 6.10 Å². The normalized spacial score (nSPS) is 20.2. The van der Waals surface area contributed by atoms with E-state index < -0.39 is 5.97 Å². The third-order valence-corrected chi connectivity index (χ3v) is 3.24. The zero-order valence-electron chi connectivity index (χ0n) is 10.6. The number of ether oxygens (including phenoxy) is 1. The van der Waals surface area contributed by atoms with Crippen LogP contribution in [0, 0.1) is 0 Å². The number of carboxylic acid groups (broad SMARTS) is 1. The van der Waals surface area contributed by atoms with Crippen molar-refractivity contribution < 1.29 is 14.6 Å². The number of carbonyl (C=O) groups is 1. The molecule has 0 saturated carbocycles. The van der Waals surface area contributed by atoms with Crippen molar-refractivity contribution in [2.75, 3.05) is 38.6 Å². The summed E-state index contributed by atoms with van der Waals surface area (Å²) in [5.74, 6) is -0.581. The van der Waals surface area contributed by atoms with E-state index in [2.05, 4.69) is 15.2 Å². The number of hydrogen-bond acceptors (Lipinski definition) is 5. The lowest BCUT2D eigenvalue weighted by Crippen LogP contribution is -2.43. The molecule has 7 heteroatoms. The number of rotatable bonds is 4. The smallest absolute Gasteiger partial charge is 0.337 e. The molecule has 1 saturated heterocycles. The van der Waals surface area contributed by atoms with Crippen LogP contribution >= 0.6 is 11.6 Å². The fraction of sp³-hybridized carbons (Fsp3) is 0.500. The van der Waals surface area contributed by atoms with Gasteiger partial charge in [-0.25, -0.2) is 9.78 Å². The predicted molar refractivity (Wildman–Crippen MR) is 71.9 cm³/mol. The zero-order valence-corrected chi connectivity index (χ0v) is 11.4. The maximum atomic E-state index is 11.0. The van der Waals surface area contributed by atoms with E-state index >= 15 is 0 Å². The molecule has 2 heterocycles. The average molecular weight is 286 g/mol.